The standard InChI is InChI=1S/C19H17BrN2O2/c20-15-9-6-14(7-10-15)8-11-18-21-17-5-2-1-4-16(17)19(24)22(18)12-3-13-23/h1-2,4-11,23H,3,12-13H2/b11-8+. The van der Waals surface area contributed by atoms with Crippen LogP contribution in [0.2, 0.25) is 0 Å². The highest BCUT2D eigenvalue weighted by Gasteiger charge is 2.08. The zero-order valence-electron chi connectivity index (χ0n) is 13.0. The van der Waals surface area contributed by atoms with E-state index in [1.54, 1.807) is 10.6 Å². The second-order valence-corrected chi connectivity index (χ2v) is 6.32. The summed E-state index contributed by atoms with van der Waals surface area (Å²) in [4.78, 5) is 17.3. The first-order valence-electron chi connectivity index (χ1n) is 7.73. The van der Waals surface area contributed by atoms with Crippen molar-refractivity contribution in [2.45, 2.75) is 13.0 Å². The summed E-state index contributed by atoms with van der Waals surface area (Å²) in [5.74, 6) is 0.593. The molecule has 24 heavy (non-hydrogen) atoms. The van der Waals surface area contributed by atoms with Gasteiger partial charge in [-0.05, 0) is 42.3 Å². The maximum atomic E-state index is 12.7. The van der Waals surface area contributed by atoms with Gasteiger partial charge in [0.05, 0.1) is 10.9 Å². The largest absolute Gasteiger partial charge is 0.396 e. The average molecular weight is 385 g/mol. The van der Waals surface area contributed by atoms with Crippen molar-refractivity contribution >= 4 is 39.0 Å². The summed E-state index contributed by atoms with van der Waals surface area (Å²) in [6.45, 7) is 0.475. The van der Waals surface area contributed by atoms with Crippen LogP contribution in [0, 0.1) is 0 Å². The number of benzene rings is 2. The van der Waals surface area contributed by atoms with Crippen LogP contribution in [-0.2, 0) is 6.54 Å². The molecule has 3 aromatic rings. The van der Waals surface area contributed by atoms with E-state index in [1.807, 2.05) is 54.6 Å². The number of hydrogen-bond acceptors (Lipinski definition) is 3. The third-order valence-electron chi connectivity index (χ3n) is 3.73. The second kappa shape index (κ2) is 7.55. The molecule has 0 amide bonds. The van der Waals surface area contributed by atoms with Crippen LogP contribution in [0.15, 0.2) is 57.8 Å². The number of halogens is 1. The molecule has 0 aliphatic rings. The molecule has 122 valence electrons. The van der Waals surface area contributed by atoms with Gasteiger partial charge in [0.15, 0.2) is 0 Å². The van der Waals surface area contributed by atoms with E-state index < -0.39 is 0 Å². The quantitative estimate of drug-likeness (QED) is 0.729. The fourth-order valence-electron chi connectivity index (χ4n) is 2.50. The topological polar surface area (TPSA) is 55.1 Å². The SMILES string of the molecule is O=c1c2ccccc2nc(/C=C/c2ccc(Br)cc2)n1CCCO. The highest BCUT2D eigenvalue weighted by atomic mass is 79.9. The van der Waals surface area contributed by atoms with Crippen molar-refractivity contribution in [3.8, 4) is 0 Å². The van der Waals surface area contributed by atoms with Gasteiger partial charge in [-0.25, -0.2) is 4.98 Å². The summed E-state index contributed by atoms with van der Waals surface area (Å²) in [6, 6.07) is 15.2. The highest BCUT2D eigenvalue weighted by molar-refractivity contribution is 9.10. The smallest absolute Gasteiger partial charge is 0.261 e. The number of aliphatic hydroxyl groups excluding tert-OH is 1. The molecule has 0 unspecified atom stereocenters. The predicted octanol–water partition coefficient (Wildman–Crippen LogP) is 3.71. The first kappa shape index (κ1) is 16.6. The van der Waals surface area contributed by atoms with Gasteiger partial charge in [-0.1, -0.05) is 46.3 Å². The fourth-order valence-corrected chi connectivity index (χ4v) is 2.77. The molecule has 3 rings (SSSR count). The molecular formula is C19H17BrN2O2. The number of aliphatic hydroxyl groups is 1. The van der Waals surface area contributed by atoms with Gasteiger partial charge in [0, 0.05) is 17.6 Å². The molecule has 0 saturated carbocycles. The van der Waals surface area contributed by atoms with Crippen LogP contribution >= 0.6 is 15.9 Å². The molecule has 4 nitrogen and oxygen atoms in total. The molecule has 0 spiro atoms. The highest BCUT2D eigenvalue weighted by Crippen LogP contribution is 2.14. The van der Waals surface area contributed by atoms with Gasteiger partial charge in [0.2, 0.25) is 0 Å². The minimum atomic E-state index is -0.0792. The van der Waals surface area contributed by atoms with E-state index in [4.69, 9.17) is 5.11 Å². The molecule has 5 heteroatoms. The number of hydrogen-bond donors (Lipinski definition) is 1. The Bertz CT molecular complexity index is 930. The molecule has 0 aliphatic carbocycles. The predicted molar refractivity (Wildman–Crippen MR) is 101 cm³/mol. The van der Waals surface area contributed by atoms with Crippen LogP contribution in [-0.4, -0.2) is 21.3 Å². The van der Waals surface area contributed by atoms with Crippen molar-refractivity contribution in [3.63, 3.8) is 0 Å². The van der Waals surface area contributed by atoms with E-state index in [2.05, 4.69) is 20.9 Å². The number of nitrogens with zero attached hydrogens (tertiary/aromatic N) is 2. The van der Waals surface area contributed by atoms with Crippen LogP contribution in [0.5, 0.6) is 0 Å². The summed E-state index contributed by atoms with van der Waals surface area (Å²) in [7, 11) is 0. The van der Waals surface area contributed by atoms with E-state index in [-0.39, 0.29) is 12.2 Å². The summed E-state index contributed by atoms with van der Waals surface area (Å²) < 4.78 is 2.64. The fraction of sp³-hybridized carbons (Fsp3) is 0.158. The molecule has 0 saturated heterocycles. The van der Waals surface area contributed by atoms with E-state index >= 15 is 0 Å². The Morgan fingerprint density at radius 3 is 2.58 bits per heavy atom. The summed E-state index contributed by atoms with van der Waals surface area (Å²) in [5, 5.41) is 9.69. The maximum absolute atomic E-state index is 12.7. The monoisotopic (exact) mass is 384 g/mol. The van der Waals surface area contributed by atoms with Crippen molar-refractivity contribution in [2.24, 2.45) is 0 Å². The third kappa shape index (κ3) is 3.63. The van der Waals surface area contributed by atoms with Crippen LogP contribution in [0.3, 0.4) is 0 Å². The molecule has 0 aliphatic heterocycles. The summed E-state index contributed by atoms with van der Waals surface area (Å²) >= 11 is 3.41. The lowest BCUT2D eigenvalue weighted by atomic mass is 10.2. The summed E-state index contributed by atoms with van der Waals surface area (Å²) in [5.41, 5.74) is 1.62. The Balaban J connectivity index is 2.07. The number of aromatic nitrogens is 2. The second-order valence-electron chi connectivity index (χ2n) is 5.41. The Kier molecular flexibility index (Phi) is 5.23. The van der Waals surface area contributed by atoms with Crippen molar-refractivity contribution in [2.75, 3.05) is 6.61 Å². The lowest BCUT2D eigenvalue weighted by Gasteiger charge is -2.10. The van der Waals surface area contributed by atoms with Gasteiger partial charge >= 0.3 is 0 Å². The van der Waals surface area contributed by atoms with Crippen molar-refractivity contribution in [3.05, 3.63) is 74.7 Å². The maximum Gasteiger partial charge on any atom is 0.261 e. The van der Waals surface area contributed by atoms with Crippen molar-refractivity contribution in [1.82, 2.24) is 9.55 Å². The van der Waals surface area contributed by atoms with Crippen LogP contribution in [0.25, 0.3) is 23.1 Å². The average Bonchev–Trinajstić information content (AvgIpc) is 2.61. The van der Waals surface area contributed by atoms with E-state index in [1.165, 1.54) is 0 Å². The van der Waals surface area contributed by atoms with Gasteiger partial charge in [-0.15, -0.1) is 0 Å². The molecule has 0 radical (unpaired) electrons. The van der Waals surface area contributed by atoms with Crippen LogP contribution in [0.4, 0.5) is 0 Å². The first-order valence-corrected chi connectivity index (χ1v) is 8.52. The molecule has 1 N–H and O–H groups in total. The van der Waals surface area contributed by atoms with Gasteiger partial charge in [-0.2, -0.15) is 0 Å². The molecule has 2 aromatic carbocycles. The van der Waals surface area contributed by atoms with E-state index in [0.717, 1.165) is 10.0 Å². The van der Waals surface area contributed by atoms with E-state index in [9.17, 15) is 4.79 Å². The zero-order chi connectivity index (χ0) is 16.9. The van der Waals surface area contributed by atoms with Crippen molar-refractivity contribution in [1.29, 1.82) is 0 Å². The van der Waals surface area contributed by atoms with Crippen molar-refractivity contribution < 1.29 is 5.11 Å². The van der Waals surface area contributed by atoms with Crippen LogP contribution in [0.1, 0.15) is 17.8 Å². The summed E-state index contributed by atoms with van der Waals surface area (Å²) in [6.07, 6.45) is 4.28. The Morgan fingerprint density at radius 1 is 1.08 bits per heavy atom. The Morgan fingerprint density at radius 2 is 1.83 bits per heavy atom. The Labute approximate surface area is 148 Å². The van der Waals surface area contributed by atoms with Gasteiger partial charge in [0.25, 0.3) is 5.56 Å². The van der Waals surface area contributed by atoms with E-state index in [0.29, 0.717) is 29.7 Å². The van der Waals surface area contributed by atoms with Crippen LogP contribution < -0.4 is 5.56 Å². The lowest BCUT2D eigenvalue weighted by molar-refractivity contribution is 0.278. The molecule has 1 heterocycles. The lowest BCUT2D eigenvalue weighted by Crippen LogP contribution is -2.24. The molecule has 1 aromatic heterocycles. The number of rotatable bonds is 5. The zero-order valence-corrected chi connectivity index (χ0v) is 14.6. The first-order chi connectivity index (χ1) is 11.7. The molecule has 0 bridgehead atoms. The minimum absolute atomic E-state index is 0.0368. The van der Waals surface area contributed by atoms with Gasteiger partial charge in [-0.3, -0.25) is 9.36 Å². The normalized spacial score (nSPS) is 11.4. The Hall–Kier alpha value is -2.24. The van der Waals surface area contributed by atoms with Gasteiger partial charge < -0.3 is 5.11 Å². The number of para-hydroxylation sites is 1. The van der Waals surface area contributed by atoms with Gasteiger partial charge in [0.1, 0.15) is 5.82 Å². The number of fused-ring (bicyclic) bond motifs is 1. The molecule has 0 atom stereocenters. The minimum Gasteiger partial charge on any atom is -0.396 e. The molecular weight excluding hydrogens is 368 g/mol. The third-order valence-corrected chi connectivity index (χ3v) is 4.25. The molecule has 0 fully saturated rings.